The maximum atomic E-state index is 12.3. The van der Waals surface area contributed by atoms with Crippen molar-refractivity contribution in [1.82, 2.24) is 4.98 Å². The summed E-state index contributed by atoms with van der Waals surface area (Å²) >= 11 is 3.38. The Morgan fingerprint density at radius 1 is 1.26 bits per heavy atom. The highest BCUT2D eigenvalue weighted by molar-refractivity contribution is 9.10. The van der Waals surface area contributed by atoms with E-state index in [-0.39, 0.29) is 5.91 Å². The molecule has 1 aliphatic heterocycles. The molecule has 1 amide bonds. The third-order valence-electron chi connectivity index (χ3n) is 4.09. The number of hydrogen-bond donors (Lipinski definition) is 1. The summed E-state index contributed by atoms with van der Waals surface area (Å²) in [4.78, 5) is 19.0. The van der Waals surface area contributed by atoms with E-state index in [0.717, 1.165) is 29.1 Å². The van der Waals surface area contributed by atoms with Gasteiger partial charge in [-0.3, -0.25) is 4.79 Å². The predicted octanol–water partition coefficient (Wildman–Crippen LogP) is 4.33. The van der Waals surface area contributed by atoms with E-state index in [1.165, 1.54) is 12.8 Å². The van der Waals surface area contributed by atoms with Crippen LogP contribution < -0.4 is 10.2 Å². The van der Waals surface area contributed by atoms with Crippen LogP contribution in [-0.2, 0) is 0 Å². The number of pyridine rings is 1. The van der Waals surface area contributed by atoms with Gasteiger partial charge in [0.2, 0.25) is 0 Å². The number of carbonyl (C=O) groups is 1. The second-order valence-corrected chi connectivity index (χ2v) is 6.98. The number of nitrogens with one attached hydrogen (secondary N) is 1. The molecule has 1 unspecified atom stereocenters. The van der Waals surface area contributed by atoms with Crippen LogP contribution in [0.25, 0.3) is 0 Å². The Morgan fingerprint density at radius 3 is 2.70 bits per heavy atom. The lowest BCUT2D eigenvalue weighted by molar-refractivity contribution is 0.102. The second-order valence-electron chi connectivity index (χ2n) is 6.06. The van der Waals surface area contributed by atoms with Gasteiger partial charge in [-0.05, 0) is 55.2 Å². The zero-order chi connectivity index (χ0) is 16.2. The highest BCUT2D eigenvalue weighted by Gasteiger charge is 2.17. The summed E-state index contributed by atoms with van der Waals surface area (Å²) in [5.41, 5.74) is 1.34. The van der Waals surface area contributed by atoms with Crippen LogP contribution in [-0.4, -0.2) is 24.0 Å². The minimum atomic E-state index is -0.140. The van der Waals surface area contributed by atoms with Crippen LogP contribution in [0.5, 0.6) is 0 Å². The van der Waals surface area contributed by atoms with Crippen molar-refractivity contribution in [2.75, 3.05) is 23.3 Å². The van der Waals surface area contributed by atoms with Crippen molar-refractivity contribution >= 4 is 33.3 Å². The number of amides is 1. The van der Waals surface area contributed by atoms with Crippen molar-refractivity contribution in [2.45, 2.75) is 19.8 Å². The number of anilines is 2. The lowest BCUT2D eigenvalue weighted by Gasteiger charge is -2.31. The Labute approximate surface area is 145 Å². The van der Waals surface area contributed by atoms with Crippen LogP contribution in [0.1, 0.15) is 30.1 Å². The Kier molecular flexibility index (Phi) is 4.96. The molecule has 0 radical (unpaired) electrons. The van der Waals surface area contributed by atoms with E-state index in [2.05, 4.69) is 38.1 Å². The fourth-order valence-corrected chi connectivity index (χ4v) is 3.11. The van der Waals surface area contributed by atoms with E-state index in [1.807, 2.05) is 36.4 Å². The SMILES string of the molecule is CC1CCCN(c2ccc(C(=O)Nc3ccc(Br)cc3)cn2)C1. The maximum absolute atomic E-state index is 12.3. The summed E-state index contributed by atoms with van der Waals surface area (Å²) in [7, 11) is 0. The van der Waals surface area contributed by atoms with Gasteiger partial charge in [0.25, 0.3) is 5.91 Å². The van der Waals surface area contributed by atoms with E-state index in [9.17, 15) is 4.79 Å². The largest absolute Gasteiger partial charge is 0.356 e. The molecule has 4 nitrogen and oxygen atoms in total. The van der Waals surface area contributed by atoms with Gasteiger partial charge in [0.1, 0.15) is 5.82 Å². The number of halogens is 1. The minimum absolute atomic E-state index is 0.140. The van der Waals surface area contributed by atoms with E-state index in [1.54, 1.807) is 6.20 Å². The quantitative estimate of drug-likeness (QED) is 0.870. The van der Waals surface area contributed by atoms with Crippen LogP contribution in [0.4, 0.5) is 11.5 Å². The van der Waals surface area contributed by atoms with Gasteiger partial charge in [-0.25, -0.2) is 4.98 Å². The predicted molar refractivity (Wildman–Crippen MR) is 96.9 cm³/mol. The van der Waals surface area contributed by atoms with Gasteiger partial charge in [-0.2, -0.15) is 0 Å². The van der Waals surface area contributed by atoms with Gasteiger partial charge >= 0.3 is 0 Å². The molecule has 1 saturated heterocycles. The molecule has 2 heterocycles. The van der Waals surface area contributed by atoms with E-state index >= 15 is 0 Å². The van der Waals surface area contributed by atoms with Crippen LogP contribution in [0.2, 0.25) is 0 Å². The fraction of sp³-hybridized carbons (Fsp3) is 0.333. The summed E-state index contributed by atoms with van der Waals surface area (Å²) in [6.07, 6.45) is 4.14. The molecule has 1 atom stereocenters. The molecule has 1 N–H and O–H groups in total. The number of carbonyl (C=O) groups excluding carboxylic acids is 1. The summed E-state index contributed by atoms with van der Waals surface area (Å²) in [5.74, 6) is 1.51. The third kappa shape index (κ3) is 4.10. The zero-order valence-corrected chi connectivity index (χ0v) is 14.7. The van der Waals surface area contributed by atoms with Crippen LogP contribution in [0.15, 0.2) is 47.1 Å². The minimum Gasteiger partial charge on any atom is -0.356 e. The number of aromatic nitrogens is 1. The van der Waals surface area contributed by atoms with Crippen molar-refractivity contribution < 1.29 is 4.79 Å². The molecular weight excluding hydrogens is 354 g/mol. The number of hydrogen-bond acceptors (Lipinski definition) is 3. The van der Waals surface area contributed by atoms with Gasteiger partial charge < -0.3 is 10.2 Å². The second kappa shape index (κ2) is 7.13. The lowest BCUT2D eigenvalue weighted by Crippen LogP contribution is -2.34. The smallest absolute Gasteiger partial charge is 0.257 e. The van der Waals surface area contributed by atoms with Gasteiger partial charge in [-0.15, -0.1) is 0 Å². The van der Waals surface area contributed by atoms with Crippen LogP contribution >= 0.6 is 15.9 Å². The Bertz CT molecular complexity index is 670. The standard InChI is InChI=1S/C18H20BrN3O/c1-13-3-2-10-22(12-13)17-9-4-14(11-20-17)18(23)21-16-7-5-15(19)6-8-16/h4-9,11,13H,2-3,10,12H2,1H3,(H,21,23). The average molecular weight is 374 g/mol. The normalized spacial score (nSPS) is 17.8. The summed E-state index contributed by atoms with van der Waals surface area (Å²) in [6.45, 7) is 4.35. The molecule has 23 heavy (non-hydrogen) atoms. The van der Waals surface area contributed by atoms with Crippen molar-refractivity contribution in [2.24, 2.45) is 5.92 Å². The van der Waals surface area contributed by atoms with Crippen molar-refractivity contribution in [3.05, 3.63) is 52.6 Å². The first-order valence-corrected chi connectivity index (χ1v) is 8.69. The number of nitrogens with zero attached hydrogens (tertiary/aromatic N) is 2. The molecule has 1 fully saturated rings. The van der Waals surface area contributed by atoms with Gasteiger partial charge in [0, 0.05) is 29.4 Å². The summed E-state index contributed by atoms with van der Waals surface area (Å²) < 4.78 is 0.984. The molecular formula is C18H20BrN3O. The maximum Gasteiger partial charge on any atom is 0.257 e. The van der Waals surface area contributed by atoms with Crippen LogP contribution in [0.3, 0.4) is 0 Å². The molecule has 0 spiro atoms. The topological polar surface area (TPSA) is 45.2 Å². The average Bonchev–Trinajstić information content (AvgIpc) is 2.57. The van der Waals surface area contributed by atoms with Gasteiger partial charge in [0.05, 0.1) is 5.56 Å². The van der Waals surface area contributed by atoms with Crippen molar-refractivity contribution in [1.29, 1.82) is 0 Å². The van der Waals surface area contributed by atoms with Gasteiger partial charge in [0.15, 0.2) is 0 Å². The van der Waals surface area contributed by atoms with Gasteiger partial charge in [-0.1, -0.05) is 22.9 Å². The van der Waals surface area contributed by atoms with Crippen molar-refractivity contribution in [3.8, 4) is 0 Å². The first-order valence-electron chi connectivity index (χ1n) is 7.90. The molecule has 0 saturated carbocycles. The highest BCUT2D eigenvalue weighted by Crippen LogP contribution is 2.21. The first-order chi connectivity index (χ1) is 11.1. The van der Waals surface area contributed by atoms with Crippen molar-refractivity contribution in [3.63, 3.8) is 0 Å². The Balaban J connectivity index is 1.66. The number of benzene rings is 1. The molecule has 1 aromatic heterocycles. The van der Waals surface area contributed by atoms with E-state index < -0.39 is 0 Å². The fourth-order valence-electron chi connectivity index (χ4n) is 2.84. The summed E-state index contributed by atoms with van der Waals surface area (Å²) in [6, 6.07) is 11.3. The van der Waals surface area contributed by atoms with E-state index in [4.69, 9.17) is 0 Å². The monoisotopic (exact) mass is 373 g/mol. The highest BCUT2D eigenvalue weighted by atomic mass is 79.9. The first kappa shape index (κ1) is 16.0. The third-order valence-corrected chi connectivity index (χ3v) is 4.62. The molecule has 0 aliphatic carbocycles. The number of piperidine rings is 1. The molecule has 3 rings (SSSR count). The number of rotatable bonds is 3. The zero-order valence-electron chi connectivity index (χ0n) is 13.1. The Hall–Kier alpha value is -1.88. The molecule has 1 aliphatic rings. The molecule has 2 aromatic rings. The Morgan fingerprint density at radius 2 is 2.04 bits per heavy atom. The molecule has 0 bridgehead atoms. The molecule has 1 aromatic carbocycles. The molecule has 5 heteroatoms. The lowest BCUT2D eigenvalue weighted by atomic mass is 10.0. The van der Waals surface area contributed by atoms with E-state index in [0.29, 0.717) is 11.5 Å². The van der Waals surface area contributed by atoms with Crippen LogP contribution in [0, 0.1) is 5.92 Å². The molecule has 120 valence electrons. The summed E-state index contributed by atoms with van der Waals surface area (Å²) in [5, 5.41) is 2.88.